The van der Waals surface area contributed by atoms with Crippen molar-refractivity contribution in [3.8, 4) is 0 Å². The zero-order valence-electron chi connectivity index (χ0n) is 3.98. The van der Waals surface area contributed by atoms with Crippen LogP contribution in [0, 0.1) is 0 Å². The summed E-state index contributed by atoms with van der Waals surface area (Å²) in [6, 6.07) is 0. The van der Waals surface area contributed by atoms with Crippen molar-refractivity contribution in [1.82, 2.24) is 0 Å². The van der Waals surface area contributed by atoms with Crippen LogP contribution in [-0.4, -0.2) is 12.5 Å². The first-order valence-electron chi connectivity index (χ1n) is 1.46. The highest BCUT2D eigenvalue weighted by Gasteiger charge is 2.08. The van der Waals surface area contributed by atoms with Gasteiger partial charge < -0.3 is 0 Å². The Morgan fingerprint density at radius 3 is 2.00 bits per heavy atom. The lowest BCUT2D eigenvalue weighted by atomic mass is 12.0. The second-order valence-electron chi connectivity index (χ2n) is 0.911. The fourth-order valence-corrected chi connectivity index (χ4v) is 4.66. The SMILES string of the molecule is CSS(C)(I)SI. The highest BCUT2D eigenvalue weighted by Crippen LogP contribution is 2.74. The summed E-state index contributed by atoms with van der Waals surface area (Å²) in [4.78, 5) is 0. The Kier molecular flexibility index (Phi) is 5.90. The van der Waals surface area contributed by atoms with Gasteiger partial charge in [-0.25, -0.2) is 0 Å². The minimum absolute atomic E-state index is 0.367. The summed E-state index contributed by atoms with van der Waals surface area (Å²) in [5, 5.41) is -0.367. The smallest absolute Gasteiger partial charge is 0.00842 e. The molecule has 0 heterocycles. The van der Waals surface area contributed by atoms with Crippen LogP contribution < -0.4 is 0 Å². The summed E-state index contributed by atoms with van der Waals surface area (Å²) >= 11 is 4.86. The van der Waals surface area contributed by atoms with Gasteiger partial charge in [-0.3, -0.25) is 0 Å². The molecule has 0 rings (SSSR count). The highest BCUT2D eigenvalue weighted by atomic mass is 127. The van der Waals surface area contributed by atoms with Crippen molar-refractivity contribution in [2.75, 3.05) is 12.5 Å². The minimum Gasteiger partial charge on any atom is -0.0975 e. The van der Waals surface area contributed by atoms with Gasteiger partial charge >= 0.3 is 0 Å². The van der Waals surface area contributed by atoms with Crippen LogP contribution >= 0.6 is 66.4 Å². The molecule has 5 heteroatoms. The van der Waals surface area contributed by atoms with E-state index < -0.39 is 0 Å². The summed E-state index contributed by atoms with van der Waals surface area (Å²) < 4.78 is 0. The molecule has 0 spiro atoms. The van der Waals surface area contributed by atoms with Gasteiger partial charge in [0.25, 0.3) is 0 Å². The van der Waals surface area contributed by atoms with E-state index in [1.54, 1.807) is 0 Å². The second-order valence-corrected chi connectivity index (χ2v) is 20.9. The number of rotatable bonds is 2. The molecule has 0 saturated heterocycles. The summed E-state index contributed by atoms with van der Waals surface area (Å²) in [7, 11) is 3.88. The molecule has 0 aromatic rings. The molecular formula is C2H6I2S3. The topological polar surface area (TPSA) is 0 Å². The third-order valence-electron chi connectivity index (χ3n) is 0.410. The average molecular weight is 380 g/mol. The van der Waals surface area contributed by atoms with E-state index in [4.69, 9.17) is 0 Å². The van der Waals surface area contributed by atoms with Crippen molar-refractivity contribution in [3.05, 3.63) is 0 Å². The summed E-state index contributed by atoms with van der Waals surface area (Å²) in [5.41, 5.74) is 0. The fourth-order valence-electron chi connectivity index (χ4n) is 0.0257. The maximum absolute atomic E-state index is 2.51. The Morgan fingerprint density at radius 1 is 1.57 bits per heavy atom. The lowest BCUT2D eigenvalue weighted by Crippen LogP contribution is -1.62. The van der Waals surface area contributed by atoms with Crippen LogP contribution in [0.25, 0.3) is 0 Å². The fraction of sp³-hybridized carbons (Fsp3) is 1.00. The average Bonchev–Trinajstić information content (AvgIpc) is 1.68. The first-order chi connectivity index (χ1) is 3.12. The summed E-state index contributed by atoms with van der Waals surface area (Å²) in [6.45, 7) is 0. The summed E-state index contributed by atoms with van der Waals surface area (Å²) in [6.07, 6.45) is 4.45. The predicted molar refractivity (Wildman–Crippen MR) is 62.7 cm³/mol. The van der Waals surface area contributed by atoms with Crippen molar-refractivity contribution in [3.63, 3.8) is 0 Å². The molecule has 0 amide bonds. The Labute approximate surface area is 77.6 Å². The van der Waals surface area contributed by atoms with E-state index in [-0.39, 0.29) is 5.26 Å². The van der Waals surface area contributed by atoms with Crippen molar-refractivity contribution in [2.45, 2.75) is 0 Å². The largest absolute Gasteiger partial charge is 0.0975 e. The standard InChI is InChI=1S/C2H6I2S3/c1-5-7(2,4)6-3/h1-2H3. The molecule has 0 aliphatic rings. The molecular weight excluding hydrogens is 374 g/mol. The van der Waals surface area contributed by atoms with Gasteiger partial charge in [-0.15, -0.1) is 0 Å². The lowest BCUT2D eigenvalue weighted by molar-refractivity contribution is 2.50. The summed E-state index contributed by atoms with van der Waals surface area (Å²) in [5.74, 6) is 0. The molecule has 0 fully saturated rings. The number of hydrogen-bond donors (Lipinski definition) is 0. The zero-order chi connectivity index (χ0) is 5.91. The molecule has 0 aromatic carbocycles. The van der Waals surface area contributed by atoms with E-state index in [0.29, 0.717) is 0 Å². The third-order valence-corrected chi connectivity index (χ3v) is 25.2. The first kappa shape index (κ1) is 9.51. The zero-order valence-corrected chi connectivity index (χ0v) is 10.7. The quantitative estimate of drug-likeness (QED) is 0.524. The van der Waals surface area contributed by atoms with Crippen molar-refractivity contribution < 1.29 is 0 Å². The lowest BCUT2D eigenvalue weighted by Gasteiger charge is -2.19. The van der Waals surface area contributed by atoms with Crippen molar-refractivity contribution in [2.24, 2.45) is 0 Å². The molecule has 0 aliphatic heterocycles. The minimum atomic E-state index is -0.367. The first-order valence-corrected chi connectivity index (χ1v) is 11.7. The van der Waals surface area contributed by atoms with Gasteiger partial charge in [0.2, 0.25) is 0 Å². The maximum Gasteiger partial charge on any atom is 0.00842 e. The molecule has 0 aromatic heterocycles. The molecule has 0 N–H and O–H groups in total. The molecule has 7 heavy (non-hydrogen) atoms. The van der Waals surface area contributed by atoms with Crippen LogP contribution in [0.5, 0.6) is 0 Å². The maximum atomic E-state index is 2.51. The van der Waals surface area contributed by atoms with Gasteiger partial charge in [-0.05, 0) is 41.7 Å². The van der Waals surface area contributed by atoms with Gasteiger partial charge in [0.1, 0.15) is 0 Å². The molecule has 1 unspecified atom stereocenters. The molecule has 0 saturated carbocycles. The monoisotopic (exact) mass is 380 g/mol. The molecule has 0 nitrogen and oxygen atoms in total. The van der Waals surface area contributed by atoms with Crippen LogP contribution in [-0.2, 0) is 0 Å². The van der Waals surface area contributed by atoms with E-state index in [9.17, 15) is 0 Å². The Morgan fingerprint density at radius 2 is 2.00 bits per heavy atom. The van der Waals surface area contributed by atoms with E-state index in [1.807, 2.05) is 18.8 Å². The van der Waals surface area contributed by atoms with Crippen molar-refractivity contribution >= 4 is 66.4 Å². The Bertz CT molecular complexity index is 48.9. The number of hydrogen-bond acceptors (Lipinski definition) is 2. The Hall–Kier alpha value is 2.51. The van der Waals surface area contributed by atoms with Crippen LogP contribution in [0.2, 0.25) is 0 Å². The van der Waals surface area contributed by atoms with Crippen LogP contribution in [0.4, 0.5) is 0 Å². The van der Waals surface area contributed by atoms with Gasteiger partial charge in [-0.2, -0.15) is 0 Å². The van der Waals surface area contributed by atoms with Gasteiger partial charge in [0.15, 0.2) is 0 Å². The Balaban J connectivity index is 3.36. The van der Waals surface area contributed by atoms with Gasteiger partial charge in [-0.1, -0.05) is 16.1 Å². The van der Waals surface area contributed by atoms with Crippen LogP contribution in [0.1, 0.15) is 0 Å². The molecule has 0 aliphatic carbocycles. The molecule has 0 radical (unpaired) electrons. The second kappa shape index (κ2) is 4.35. The number of halogens is 2. The molecule has 46 valence electrons. The van der Waals surface area contributed by atoms with E-state index in [1.165, 1.54) is 0 Å². The third kappa shape index (κ3) is 4.98. The van der Waals surface area contributed by atoms with Crippen LogP contribution in [0.3, 0.4) is 0 Å². The van der Waals surface area contributed by atoms with Crippen LogP contribution in [0.15, 0.2) is 0 Å². The predicted octanol–water partition coefficient (Wildman–Crippen LogP) is 4.05. The van der Waals surface area contributed by atoms with Crippen molar-refractivity contribution in [1.29, 1.82) is 0 Å². The van der Waals surface area contributed by atoms with Gasteiger partial charge in [0, 0.05) is 21.2 Å². The molecule has 0 bridgehead atoms. The van der Waals surface area contributed by atoms with E-state index in [2.05, 4.69) is 54.9 Å². The normalized spacial score (nSPS) is 23.4. The van der Waals surface area contributed by atoms with E-state index >= 15 is 0 Å². The molecule has 1 atom stereocenters. The van der Waals surface area contributed by atoms with E-state index in [0.717, 1.165) is 0 Å². The van der Waals surface area contributed by atoms with Gasteiger partial charge in [0.05, 0.1) is 0 Å². The highest BCUT2D eigenvalue weighted by molar-refractivity contribution is 14.2.